The summed E-state index contributed by atoms with van der Waals surface area (Å²) in [6.45, 7) is 2.28. The summed E-state index contributed by atoms with van der Waals surface area (Å²) in [7, 11) is 1.47. The molecule has 0 unspecified atom stereocenters. The molecule has 0 amide bonds. The number of ether oxygens (including phenoxy) is 1. The molecule has 24 heavy (non-hydrogen) atoms. The predicted molar refractivity (Wildman–Crippen MR) is 107 cm³/mol. The number of methoxy groups -OCH3 is 1. The molecule has 2 radical (unpaired) electrons. The van der Waals surface area contributed by atoms with Gasteiger partial charge in [-0.2, -0.15) is 0 Å². The first-order valence-corrected chi connectivity index (χ1v) is 10.4. The maximum atomic E-state index is 10.9. The van der Waals surface area contributed by atoms with Crippen molar-refractivity contribution in [2.45, 2.75) is 122 Å². The molecule has 0 aromatic heterocycles. The molecule has 0 fully saturated rings. The Hall–Kier alpha value is 1.04. The van der Waals surface area contributed by atoms with Crippen LogP contribution in [0.25, 0.3) is 0 Å². The first-order chi connectivity index (χ1) is 11.3. The van der Waals surface area contributed by atoms with Crippen LogP contribution in [0.1, 0.15) is 122 Å². The van der Waals surface area contributed by atoms with Crippen LogP contribution in [0.4, 0.5) is 0 Å². The number of hydrogen-bond acceptors (Lipinski definition) is 2. The monoisotopic (exact) mass is 464 g/mol. The van der Waals surface area contributed by atoms with Gasteiger partial charge in [0.05, 0.1) is 7.11 Å². The van der Waals surface area contributed by atoms with Gasteiger partial charge in [-0.25, -0.2) is 0 Å². The van der Waals surface area contributed by atoms with Gasteiger partial charge < -0.3 is 4.74 Å². The first-order valence-electron chi connectivity index (χ1n) is 10.4. The number of rotatable bonds is 18. The van der Waals surface area contributed by atoms with Crippen molar-refractivity contribution in [1.29, 1.82) is 0 Å². The van der Waals surface area contributed by atoms with Crippen LogP contribution in [0, 0.1) is 0 Å². The van der Waals surface area contributed by atoms with E-state index >= 15 is 0 Å². The first kappa shape index (κ1) is 27.3. The molecule has 0 aromatic rings. The van der Waals surface area contributed by atoms with E-state index in [0.29, 0.717) is 6.42 Å². The van der Waals surface area contributed by atoms with Crippen molar-refractivity contribution in [2.24, 2.45) is 0 Å². The predicted octanol–water partition coefficient (Wildman–Crippen LogP) is 6.82. The Morgan fingerprint density at radius 3 is 1.17 bits per heavy atom. The summed E-state index contributed by atoms with van der Waals surface area (Å²) in [5.74, 6) is -0.0639. The number of unbranched alkanes of at least 4 members (excludes halogenated alkanes) is 16. The summed E-state index contributed by atoms with van der Waals surface area (Å²) in [6, 6.07) is 0. The molecule has 0 rings (SSSR count). The minimum Gasteiger partial charge on any atom is -0.469 e. The van der Waals surface area contributed by atoms with Crippen LogP contribution in [0.15, 0.2) is 0 Å². The molecular formula is C21H42BaO2. The molecule has 0 aliphatic heterocycles. The maximum absolute atomic E-state index is 10.9. The zero-order chi connectivity index (χ0) is 17.0. The summed E-state index contributed by atoms with van der Waals surface area (Å²) in [5.41, 5.74) is 0. The molecule has 0 N–H and O–H groups in total. The van der Waals surface area contributed by atoms with Crippen molar-refractivity contribution < 1.29 is 9.53 Å². The molecule has 0 heterocycles. The van der Waals surface area contributed by atoms with Gasteiger partial charge in [-0.3, -0.25) is 4.79 Å². The number of hydrogen-bond donors (Lipinski definition) is 0. The molecule has 2 nitrogen and oxygen atoms in total. The van der Waals surface area contributed by atoms with Crippen LogP contribution in [0.3, 0.4) is 0 Å². The molecular weight excluding hydrogens is 422 g/mol. The van der Waals surface area contributed by atoms with Gasteiger partial charge in [-0.05, 0) is 6.42 Å². The van der Waals surface area contributed by atoms with Crippen molar-refractivity contribution >= 4 is 54.9 Å². The van der Waals surface area contributed by atoms with Gasteiger partial charge in [0.25, 0.3) is 0 Å². The quantitative estimate of drug-likeness (QED) is 0.127. The maximum Gasteiger partial charge on any atom is 0.305 e. The summed E-state index contributed by atoms with van der Waals surface area (Å²) in [4.78, 5) is 10.9. The Morgan fingerprint density at radius 2 is 0.875 bits per heavy atom. The number of carbonyl (C=O) groups is 1. The molecule has 0 aliphatic carbocycles. The fourth-order valence-corrected chi connectivity index (χ4v) is 3.10. The largest absolute Gasteiger partial charge is 0.469 e. The van der Waals surface area contributed by atoms with Gasteiger partial charge in [0.15, 0.2) is 0 Å². The van der Waals surface area contributed by atoms with Gasteiger partial charge in [0.2, 0.25) is 0 Å². The van der Waals surface area contributed by atoms with E-state index in [2.05, 4.69) is 11.7 Å². The zero-order valence-electron chi connectivity index (χ0n) is 16.8. The Morgan fingerprint density at radius 1 is 0.583 bits per heavy atom. The minimum absolute atomic E-state index is 0. The third kappa shape index (κ3) is 23.0. The van der Waals surface area contributed by atoms with E-state index in [-0.39, 0.29) is 54.9 Å². The molecule has 0 aromatic carbocycles. The fourth-order valence-electron chi connectivity index (χ4n) is 3.10. The van der Waals surface area contributed by atoms with Crippen molar-refractivity contribution in [3.8, 4) is 0 Å². The van der Waals surface area contributed by atoms with E-state index in [0.717, 1.165) is 6.42 Å². The van der Waals surface area contributed by atoms with E-state index < -0.39 is 0 Å². The molecule has 3 heteroatoms. The van der Waals surface area contributed by atoms with E-state index in [9.17, 15) is 4.79 Å². The third-order valence-corrected chi connectivity index (χ3v) is 4.71. The van der Waals surface area contributed by atoms with E-state index in [1.165, 1.54) is 110 Å². The van der Waals surface area contributed by atoms with E-state index in [4.69, 9.17) is 0 Å². The molecule has 0 saturated carbocycles. The fraction of sp³-hybridized carbons (Fsp3) is 0.952. The Bertz CT molecular complexity index is 244. The molecule has 0 atom stereocenters. The van der Waals surface area contributed by atoms with Gasteiger partial charge in [0.1, 0.15) is 0 Å². The van der Waals surface area contributed by atoms with Gasteiger partial charge in [-0.15, -0.1) is 0 Å². The van der Waals surface area contributed by atoms with Crippen LogP contribution >= 0.6 is 0 Å². The number of carbonyl (C=O) groups excluding carboxylic acids is 1. The van der Waals surface area contributed by atoms with Gasteiger partial charge in [-0.1, -0.05) is 110 Å². The summed E-state index contributed by atoms with van der Waals surface area (Å²) >= 11 is 0. The molecule has 0 saturated heterocycles. The van der Waals surface area contributed by atoms with Crippen LogP contribution in [0.2, 0.25) is 0 Å². The van der Waals surface area contributed by atoms with Crippen molar-refractivity contribution in [3.63, 3.8) is 0 Å². The van der Waals surface area contributed by atoms with Crippen LogP contribution < -0.4 is 0 Å². The second kappa shape index (κ2) is 24.0. The van der Waals surface area contributed by atoms with E-state index in [1.54, 1.807) is 0 Å². The normalized spacial score (nSPS) is 10.4. The summed E-state index contributed by atoms with van der Waals surface area (Å²) < 4.78 is 4.64. The van der Waals surface area contributed by atoms with Crippen LogP contribution in [-0.2, 0) is 9.53 Å². The molecule has 0 aliphatic rings. The average Bonchev–Trinajstić information content (AvgIpc) is 2.57. The summed E-state index contributed by atoms with van der Waals surface area (Å²) in [5, 5.41) is 0. The van der Waals surface area contributed by atoms with Crippen molar-refractivity contribution in [1.82, 2.24) is 0 Å². The third-order valence-electron chi connectivity index (χ3n) is 4.71. The minimum atomic E-state index is -0.0639. The zero-order valence-corrected chi connectivity index (χ0v) is 21.2. The standard InChI is InChI=1S/C21H42O2.Ba/c1-3-4-5-6-7-8-9-10-11-12-13-14-15-16-17-18-19-20-21(22)23-2;/h3-20H2,1-2H3;. The van der Waals surface area contributed by atoms with Crippen LogP contribution in [0.5, 0.6) is 0 Å². The average molecular weight is 464 g/mol. The Labute approximate surface area is 192 Å². The Kier molecular flexibility index (Phi) is 27.3. The van der Waals surface area contributed by atoms with E-state index in [1.807, 2.05) is 0 Å². The number of esters is 1. The van der Waals surface area contributed by atoms with Gasteiger partial charge >= 0.3 is 5.97 Å². The van der Waals surface area contributed by atoms with Crippen molar-refractivity contribution in [3.05, 3.63) is 0 Å². The van der Waals surface area contributed by atoms with Crippen LogP contribution in [-0.4, -0.2) is 62.0 Å². The SMILES string of the molecule is CCCCCCCCCCCCCCCCCCCC(=O)OC.[Ba]. The molecule has 140 valence electrons. The molecule has 0 spiro atoms. The smallest absolute Gasteiger partial charge is 0.305 e. The topological polar surface area (TPSA) is 26.3 Å². The Balaban J connectivity index is 0. The second-order valence-corrected chi connectivity index (χ2v) is 6.98. The van der Waals surface area contributed by atoms with Crippen molar-refractivity contribution in [2.75, 3.05) is 7.11 Å². The van der Waals surface area contributed by atoms with Gasteiger partial charge in [0, 0.05) is 55.3 Å². The molecule has 0 bridgehead atoms. The summed E-state index contributed by atoms with van der Waals surface area (Å²) in [6.07, 6.45) is 23.9. The second-order valence-electron chi connectivity index (χ2n) is 6.98.